The molecule has 2 aromatic carbocycles. The van der Waals surface area contributed by atoms with Crippen LogP contribution in [0.1, 0.15) is 34.1 Å². The van der Waals surface area contributed by atoms with Crippen molar-refractivity contribution in [2.75, 3.05) is 17.6 Å². The summed E-state index contributed by atoms with van der Waals surface area (Å²) in [5.41, 5.74) is 5.15. The van der Waals surface area contributed by atoms with Crippen LogP contribution in [0.2, 0.25) is 0 Å². The zero-order valence-electron chi connectivity index (χ0n) is 16.7. The zero-order valence-corrected chi connectivity index (χ0v) is 17.5. The Labute approximate surface area is 165 Å². The topological polar surface area (TPSA) is 77.4 Å². The van der Waals surface area contributed by atoms with Crippen LogP contribution >= 0.6 is 0 Å². The summed E-state index contributed by atoms with van der Waals surface area (Å²) in [7, 11) is -3.46. The summed E-state index contributed by atoms with van der Waals surface area (Å²) in [4.78, 5) is 12.7. The van der Waals surface area contributed by atoms with Crippen molar-refractivity contribution in [3.05, 3.63) is 58.8 Å². The van der Waals surface area contributed by atoms with E-state index in [2.05, 4.69) is 4.72 Å². The van der Waals surface area contributed by atoms with E-state index in [1.165, 1.54) is 0 Å². The maximum Gasteiger partial charge on any atom is 0.340 e. The summed E-state index contributed by atoms with van der Waals surface area (Å²) in [6, 6.07) is 11.5. The molecule has 0 aliphatic rings. The Bertz CT molecular complexity index is 1160. The average molecular weight is 401 g/mol. The molecule has 3 rings (SSSR count). The predicted octanol–water partition coefficient (Wildman–Crippen LogP) is 4.10. The summed E-state index contributed by atoms with van der Waals surface area (Å²) < 4.78 is 33.5. The number of nitrogens with one attached hydrogen (secondary N) is 1. The lowest BCUT2D eigenvalue weighted by atomic mass is 10.0. The van der Waals surface area contributed by atoms with E-state index in [0.29, 0.717) is 16.6 Å². The van der Waals surface area contributed by atoms with Crippen molar-refractivity contribution in [1.29, 1.82) is 0 Å². The minimum atomic E-state index is -3.46. The lowest BCUT2D eigenvalue weighted by Gasteiger charge is -2.15. The molecule has 0 saturated carbocycles. The van der Waals surface area contributed by atoms with E-state index >= 15 is 0 Å². The van der Waals surface area contributed by atoms with E-state index in [4.69, 9.17) is 4.74 Å². The minimum absolute atomic E-state index is 0.259. The highest BCUT2D eigenvalue weighted by Gasteiger charge is 2.25. The highest BCUT2D eigenvalue weighted by molar-refractivity contribution is 7.92. The van der Waals surface area contributed by atoms with Crippen molar-refractivity contribution in [3.63, 3.8) is 0 Å². The summed E-state index contributed by atoms with van der Waals surface area (Å²) in [5, 5.41) is 0.661. The number of rotatable bonds is 5. The monoisotopic (exact) mass is 400 g/mol. The third kappa shape index (κ3) is 3.49. The van der Waals surface area contributed by atoms with Crippen LogP contribution in [-0.2, 0) is 14.8 Å². The number of nitrogens with zero attached hydrogens (tertiary/aromatic N) is 1. The van der Waals surface area contributed by atoms with Gasteiger partial charge in [-0.15, -0.1) is 0 Å². The molecule has 0 fully saturated rings. The van der Waals surface area contributed by atoms with E-state index < -0.39 is 16.0 Å². The van der Waals surface area contributed by atoms with Crippen LogP contribution in [0.4, 0.5) is 5.69 Å². The molecule has 1 N–H and O–H groups in total. The molecule has 3 aromatic rings. The number of aromatic nitrogens is 1. The Balaban J connectivity index is 2.44. The van der Waals surface area contributed by atoms with Gasteiger partial charge in [-0.05, 0) is 57.0 Å². The third-order valence-corrected chi connectivity index (χ3v) is 5.44. The van der Waals surface area contributed by atoms with E-state index in [1.807, 2.05) is 55.7 Å². The molecule has 148 valence electrons. The van der Waals surface area contributed by atoms with Crippen LogP contribution in [0.3, 0.4) is 0 Å². The average Bonchev–Trinajstić information content (AvgIpc) is 2.91. The second-order valence-corrected chi connectivity index (χ2v) is 8.54. The maximum atomic E-state index is 12.7. The van der Waals surface area contributed by atoms with Gasteiger partial charge >= 0.3 is 5.97 Å². The summed E-state index contributed by atoms with van der Waals surface area (Å²) in [6.45, 7) is 7.69. The van der Waals surface area contributed by atoms with Gasteiger partial charge in [-0.1, -0.05) is 18.2 Å². The van der Waals surface area contributed by atoms with E-state index in [9.17, 15) is 13.2 Å². The molecule has 0 bridgehead atoms. The third-order valence-electron chi connectivity index (χ3n) is 4.84. The first kappa shape index (κ1) is 19.9. The first-order valence-electron chi connectivity index (χ1n) is 9.01. The molecule has 0 saturated heterocycles. The van der Waals surface area contributed by atoms with Crippen molar-refractivity contribution in [1.82, 2.24) is 4.57 Å². The molecule has 0 atom stereocenters. The number of hydrogen-bond donors (Lipinski definition) is 1. The SMILES string of the molecule is CCOC(=O)c1c(C)n(-c2ccccc2)c2c(C)c(C)c(NS(C)(=O)=O)cc12. The number of carbonyl (C=O) groups is 1. The lowest BCUT2D eigenvalue weighted by Crippen LogP contribution is -2.11. The molecule has 0 radical (unpaired) electrons. The van der Waals surface area contributed by atoms with Crippen LogP contribution in [0, 0.1) is 20.8 Å². The number of aryl methyl sites for hydroxylation is 1. The Morgan fingerprint density at radius 2 is 1.75 bits per heavy atom. The second kappa shape index (κ2) is 7.31. The number of benzene rings is 2. The molecule has 28 heavy (non-hydrogen) atoms. The summed E-state index contributed by atoms with van der Waals surface area (Å²) in [6.07, 6.45) is 1.11. The van der Waals surface area contributed by atoms with Crippen molar-refractivity contribution in [2.24, 2.45) is 0 Å². The fourth-order valence-electron chi connectivity index (χ4n) is 3.52. The Morgan fingerprint density at radius 3 is 2.32 bits per heavy atom. The highest BCUT2D eigenvalue weighted by Crippen LogP contribution is 2.36. The summed E-state index contributed by atoms with van der Waals surface area (Å²) >= 11 is 0. The van der Waals surface area contributed by atoms with Gasteiger partial charge < -0.3 is 9.30 Å². The first-order valence-corrected chi connectivity index (χ1v) is 10.9. The molecule has 0 unspecified atom stereocenters. The number of fused-ring (bicyclic) bond motifs is 1. The van der Waals surface area contributed by atoms with Gasteiger partial charge in [-0.25, -0.2) is 13.2 Å². The van der Waals surface area contributed by atoms with Gasteiger partial charge in [0.15, 0.2) is 0 Å². The fourth-order valence-corrected chi connectivity index (χ4v) is 4.13. The molecule has 0 aliphatic heterocycles. The molecule has 6 nitrogen and oxygen atoms in total. The number of para-hydroxylation sites is 1. The Morgan fingerprint density at radius 1 is 1.11 bits per heavy atom. The first-order chi connectivity index (χ1) is 13.2. The molecule has 1 heterocycles. The van der Waals surface area contributed by atoms with Crippen LogP contribution in [0.5, 0.6) is 0 Å². The largest absolute Gasteiger partial charge is 0.462 e. The van der Waals surface area contributed by atoms with Gasteiger partial charge in [0.1, 0.15) is 0 Å². The quantitative estimate of drug-likeness (QED) is 0.654. The second-order valence-electron chi connectivity index (χ2n) is 6.80. The van der Waals surface area contributed by atoms with Gasteiger partial charge in [0.2, 0.25) is 10.0 Å². The number of ether oxygens (including phenoxy) is 1. The number of anilines is 1. The predicted molar refractivity (Wildman–Crippen MR) is 112 cm³/mol. The molecule has 1 aromatic heterocycles. The number of carbonyl (C=O) groups excluding carboxylic acids is 1. The lowest BCUT2D eigenvalue weighted by molar-refractivity contribution is 0.0527. The zero-order chi connectivity index (χ0) is 20.6. The van der Waals surface area contributed by atoms with Gasteiger partial charge in [0, 0.05) is 16.8 Å². The van der Waals surface area contributed by atoms with Crippen LogP contribution < -0.4 is 4.72 Å². The van der Waals surface area contributed by atoms with Gasteiger partial charge in [-0.3, -0.25) is 4.72 Å². The summed E-state index contributed by atoms with van der Waals surface area (Å²) in [5.74, 6) is -0.423. The van der Waals surface area contributed by atoms with Crippen molar-refractivity contribution >= 4 is 32.6 Å². The number of sulfonamides is 1. The van der Waals surface area contributed by atoms with Gasteiger partial charge in [0.25, 0.3) is 0 Å². The molecule has 0 amide bonds. The van der Waals surface area contributed by atoms with Gasteiger partial charge in [-0.2, -0.15) is 0 Å². The Kier molecular flexibility index (Phi) is 5.21. The van der Waals surface area contributed by atoms with Crippen molar-refractivity contribution in [3.8, 4) is 5.69 Å². The fraction of sp³-hybridized carbons (Fsp3) is 0.286. The van der Waals surface area contributed by atoms with Crippen LogP contribution in [-0.4, -0.2) is 31.8 Å². The molecule has 0 aliphatic carbocycles. The van der Waals surface area contributed by atoms with E-state index in [-0.39, 0.29) is 6.61 Å². The highest BCUT2D eigenvalue weighted by atomic mass is 32.2. The van der Waals surface area contributed by atoms with Crippen LogP contribution in [0.25, 0.3) is 16.6 Å². The molecule has 0 spiro atoms. The van der Waals surface area contributed by atoms with Crippen molar-refractivity contribution < 1.29 is 17.9 Å². The van der Waals surface area contributed by atoms with Crippen molar-refractivity contribution in [2.45, 2.75) is 27.7 Å². The molecular formula is C21H24N2O4S. The van der Waals surface area contributed by atoms with E-state index in [1.54, 1.807) is 13.0 Å². The minimum Gasteiger partial charge on any atom is -0.462 e. The molecule has 7 heteroatoms. The van der Waals surface area contributed by atoms with Gasteiger partial charge in [0.05, 0.1) is 29.6 Å². The van der Waals surface area contributed by atoms with Crippen LogP contribution in [0.15, 0.2) is 36.4 Å². The molecular weight excluding hydrogens is 376 g/mol. The normalized spacial score (nSPS) is 11.6. The smallest absolute Gasteiger partial charge is 0.340 e. The standard InChI is InChI=1S/C21H24N2O4S/c1-6-27-21(24)19-15(4)23(16-10-8-7-9-11-16)20-14(3)13(2)18(12-17(19)20)22-28(5,25)26/h7-12,22H,6H2,1-5H3. The van der Waals surface area contributed by atoms with E-state index in [0.717, 1.165) is 34.3 Å². The number of esters is 1. The number of hydrogen-bond acceptors (Lipinski definition) is 4. The Hall–Kier alpha value is -2.80. The maximum absolute atomic E-state index is 12.7.